The summed E-state index contributed by atoms with van der Waals surface area (Å²) in [5.74, 6) is -0.253. The molecule has 1 amide bonds. The quantitative estimate of drug-likeness (QED) is 0.840. The smallest absolute Gasteiger partial charge is 0.348 e. The Hall–Kier alpha value is -1.21. The third kappa shape index (κ3) is 4.43. The molecule has 19 heavy (non-hydrogen) atoms. The molecule has 1 heterocycles. The molecule has 2 N–H and O–H groups in total. The number of thioether (sulfide) groups is 1. The van der Waals surface area contributed by atoms with Gasteiger partial charge in [0, 0.05) is 23.0 Å². The van der Waals surface area contributed by atoms with Gasteiger partial charge in [0.1, 0.15) is 0 Å². The van der Waals surface area contributed by atoms with Crippen LogP contribution in [-0.2, 0) is 0 Å². The molecule has 0 bridgehead atoms. The highest BCUT2D eigenvalue weighted by atomic mass is 32.2. The number of carbonyl (C=O) groups excluding carboxylic acids is 1. The molecule has 1 aliphatic rings. The van der Waals surface area contributed by atoms with Gasteiger partial charge in [-0.1, -0.05) is 0 Å². The Kier molecular flexibility index (Phi) is 4.36. The average molecular weight is 290 g/mol. The first-order valence-electron chi connectivity index (χ1n) is 5.81. The van der Waals surface area contributed by atoms with Crippen molar-refractivity contribution in [2.45, 2.75) is 22.9 Å². The fourth-order valence-electron chi connectivity index (χ4n) is 1.85. The van der Waals surface area contributed by atoms with E-state index in [1.165, 1.54) is 24.3 Å². The van der Waals surface area contributed by atoms with Gasteiger partial charge >= 0.3 is 5.51 Å². The van der Waals surface area contributed by atoms with Crippen molar-refractivity contribution < 1.29 is 18.0 Å². The monoisotopic (exact) mass is 290 g/mol. The highest BCUT2D eigenvalue weighted by molar-refractivity contribution is 8.00. The molecule has 1 aromatic carbocycles. The largest absolute Gasteiger partial charge is 0.446 e. The van der Waals surface area contributed by atoms with Gasteiger partial charge in [0.15, 0.2) is 0 Å². The second kappa shape index (κ2) is 5.83. The SMILES string of the molecule is O=C(NC1CCNC1)c1ccc(SC(F)(F)F)cc1. The number of benzene rings is 1. The summed E-state index contributed by atoms with van der Waals surface area (Å²) in [4.78, 5) is 11.9. The van der Waals surface area contributed by atoms with Gasteiger partial charge in [-0.25, -0.2) is 0 Å². The van der Waals surface area contributed by atoms with Crippen LogP contribution in [0.3, 0.4) is 0 Å². The van der Waals surface area contributed by atoms with E-state index in [-0.39, 0.29) is 28.6 Å². The minimum absolute atomic E-state index is 0.0755. The Balaban J connectivity index is 1.95. The lowest BCUT2D eigenvalue weighted by Gasteiger charge is -2.11. The molecule has 0 aliphatic carbocycles. The molecule has 7 heteroatoms. The number of carbonyl (C=O) groups is 1. The van der Waals surface area contributed by atoms with Crippen molar-refractivity contribution in [3.63, 3.8) is 0 Å². The number of rotatable bonds is 3. The van der Waals surface area contributed by atoms with Crippen molar-refractivity contribution in [2.75, 3.05) is 13.1 Å². The molecule has 0 saturated carbocycles. The van der Waals surface area contributed by atoms with E-state index in [9.17, 15) is 18.0 Å². The van der Waals surface area contributed by atoms with E-state index in [1.54, 1.807) is 0 Å². The van der Waals surface area contributed by atoms with E-state index in [0.29, 0.717) is 5.56 Å². The number of amides is 1. The van der Waals surface area contributed by atoms with Crippen LogP contribution in [0.2, 0.25) is 0 Å². The van der Waals surface area contributed by atoms with Gasteiger partial charge in [0.2, 0.25) is 0 Å². The second-order valence-electron chi connectivity index (χ2n) is 4.24. The fourth-order valence-corrected chi connectivity index (χ4v) is 2.39. The molecule has 0 aromatic heterocycles. The van der Waals surface area contributed by atoms with Crippen LogP contribution in [0.5, 0.6) is 0 Å². The summed E-state index contributed by atoms with van der Waals surface area (Å²) in [6.07, 6.45) is 0.869. The number of halogens is 3. The molecule has 2 rings (SSSR count). The summed E-state index contributed by atoms with van der Waals surface area (Å²) >= 11 is -0.188. The van der Waals surface area contributed by atoms with E-state index in [2.05, 4.69) is 10.6 Å². The van der Waals surface area contributed by atoms with Crippen LogP contribution in [0.1, 0.15) is 16.8 Å². The molecule has 104 valence electrons. The third-order valence-electron chi connectivity index (χ3n) is 2.75. The third-order valence-corrected chi connectivity index (χ3v) is 3.48. The number of nitrogens with one attached hydrogen (secondary N) is 2. The zero-order valence-electron chi connectivity index (χ0n) is 9.96. The maximum atomic E-state index is 12.1. The summed E-state index contributed by atoms with van der Waals surface area (Å²) < 4.78 is 36.4. The van der Waals surface area contributed by atoms with E-state index in [0.717, 1.165) is 19.5 Å². The van der Waals surface area contributed by atoms with Crippen molar-refractivity contribution >= 4 is 17.7 Å². The highest BCUT2D eigenvalue weighted by Crippen LogP contribution is 2.36. The van der Waals surface area contributed by atoms with Crippen molar-refractivity contribution in [3.05, 3.63) is 29.8 Å². The van der Waals surface area contributed by atoms with Crippen LogP contribution in [0.25, 0.3) is 0 Å². The molecule has 1 aliphatic heterocycles. The summed E-state index contributed by atoms with van der Waals surface area (Å²) in [5, 5.41) is 5.95. The van der Waals surface area contributed by atoms with Crippen LogP contribution in [-0.4, -0.2) is 30.5 Å². The van der Waals surface area contributed by atoms with Crippen LogP contribution < -0.4 is 10.6 Å². The Morgan fingerprint density at radius 2 is 2.00 bits per heavy atom. The number of alkyl halides is 3. The van der Waals surface area contributed by atoms with E-state index < -0.39 is 5.51 Å². The lowest BCUT2D eigenvalue weighted by atomic mass is 10.2. The second-order valence-corrected chi connectivity index (χ2v) is 5.37. The first-order chi connectivity index (χ1) is 8.94. The van der Waals surface area contributed by atoms with Gasteiger partial charge in [0.05, 0.1) is 0 Å². The molecule has 1 unspecified atom stereocenters. The fraction of sp³-hybridized carbons (Fsp3) is 0.417. The molecule has 1 fully saturated rings. The zero-order chi connectivity index (χ0) is 13.9. The van der Waals surface area contributed by atoms with Crippen LogP contribution in [0.15, 0.2) is 29.2 Å². The molecule has 1 saturated heterocycles. The highest BCUT2D eigenvalue weighted by Gasteiger charge is 2.29. The first kappa shape index (κ1) is 14.2. The van der Waals surface area contributed by atoms with Gasteiger partial charge in [-0.15, -0.1) is 0 Å². The Morgan fingerprint density at radius 1 is 1.32 bits per heavy atom. The Bertz CT molecular complexity index is 441. The van der Waals surface area contributed by atoms with Gasteiger partial charge in [-0.2, -0.15) is 13.2 Å². The maximum absolute atomic E-state index is 12.1. The lowest BCUT2D eigenvalue weighted by Crippen LogP contribution is -2.36. The van der Waals surface area contributed by atoms with Gasteiger partial charge in [-0.3, -0.25) is 4.79 Å². The number of hydrogen-bond acceptors (Lipinski definition) is 3. The Labute approximate surface area is 112 Å². The lowest BCUT2D eigenvalue weighted by molar-refractivity contribution is -0.0328. The minimum atomic E-state index is -4.31. The van der Waals surface area contributed by atoms with E-state index >= 15 is 0 Å². The molecular weight excluding hydrogens is 277 g/mol. The zero-order valence-corrected chi connectivity index (χ0v) is 10.8. The van der Waals surface area contributed by atoms with Crippen molar-refractivity contribution in [2.24, 2.45) is 0 Å². The summed E-state index contributed by atoms with van der Waals surface area (Å²) in [6.45, 7) is 1.60. The minimum Gasteiger partial charge on any atom is -0.348 e. The van der Waals surface area contributed by atoms with Gasteiger partial charge < -0.3 is 10.6 Å². The van der Waals surface area contributed by atoms with Crippen molar-refractivity contribution in [3.8, 4) is 0 Å². The number of hydrogen-bond donors (Lipinski definition) is 2. The molecular formula is C12H13F3N2OS. The molecule has 1 atom stereocenters. The Morgan fingerprint density at radius 3 is 2.53 bits per heavy atom. The summed E-state index contributed by atoms with van der Waals surface area (Å²) in [7, 11) is 0. The molecule has 0 radical (unpaired) electrons. The van der Waals surface area contributed by atoms with Gasteiger partial charge in [0.25, 0.3) is 5.91 Å². The van der Waals surface area contributed by atoms with Gasteiger partial charge in [-0.05, 0) is 49.0 Å². The van der Waals surface area contributed by atoms with E-state index in [1.807, 2.05) is 0 Å². The van der Waals surface area contributed by atoms with Crippen LogP contribution in [0, 0.1) is 0 Å². The predicted octanol–water partition coefficient (Wildman–Crippen LogP) is 2.39. The molecule has 1 aromatic rings. The average Bonchev–Trinajstić information content (AvgIpc) is 2.80. The normalized spacial score (nSPS) is 19.4. The summed E-state index contributed by atoms with van der Waals surface area (Å²) in [5.41, 5.74) is -3.93. The van der Waals surface area contributed by atoms with E-state index in [4.69, 9.17) is 0 Å². The van der Waals surface area contributed by atoms with Crippen molar-refractivity contribution in [1.29, 1.82) is 0 Å². The molecule has 3 nitrogen and oxygen atoms in total. The first-order valence-corrected chi connectivity index (χ1v) is 6.63. The summed E-state index contributed by atoms with van der Waals surface area (Å²) in [6, 6.07) is 5.52. The van der Waals surface area contributed by atoms with Crippen LogP contribution >= 0.6 is 11.8 Å². The van der Waals surface area contributed by atoms with Crippen molar-refractivity contribution in [1.82, 2.24) is 10.6 Å². The topological polar surface area (TPSA) is 41.1 Å². The molecule has 0 spiro atoms. The van der Waals surface area contributed by atoms with Crippen LogP contribution in [0.4, 0.5) is 13.2 Å². The predicted molar refractivity (Wildman–Crippen MR) is 67.1 cm³/mol. The maximum Gasteiger partial charge on any atom is 0.446 e. The standard InChI is InChI=1S/C12H13F3N2OS/c13-12(14,15)19-10-3-1-8(2-4-10)11(18)17-9-5-6-16-7-9/h1-4,9,16H,5-7H2,(H,17,18).